The molecule has 0 spiro atoms. The number of fused-ring (bicyclic) bond motifs is 3. The zero-order valence-electron chi connectivity index (χ0n) is 17.4. The summed E-state index contributed by atoms with van der Waals surface area (Å²) in [7, 11) is 1.59. The number of halogens is 1. The maximum Gasteiger partial charge on any atom is 0.280 e. The molecule has 1 amide bonds. The van der Waals surface area contributed by atoms with E-state index in [1.54, 1.807) is 42.0 Å². The normalized spacial score (nSPS) is 11.2. The van der Waals surface area contributed by atoms with Crippen LogP contribution >= 0.6 is 11.6 Å². The monoisotopic (exact) mass is 460 g/mol. The number of nitrogens with zero attached hydrogens (tertiary/aromatic N) is 5. The fraction of sp³-hybridized carbons (Fsp3) is 0.0870. The maximum absolute atomic E-state index is 13.1. The van der Waals surface area contributed by atoms with Gasteiger partial charge in [-0.05, 0) is 35.9 Å². The Kier molecular flexibility index (Phi) is 5.33. The lowest BCUT2D eigenvalue weighted by Gasteiger charge is -2.09. The summed E-state index contributed by atoms with van der Waals surface area (Å²) in [6, 6.07) is 12.2. The molecule has 0 bridgehead atoms. The molecule has 5 aromatic rings. The van der Waals surface area contributed by atoms with E-state index in [1.165, 1.54) is 24.8 Å². The lowest BCUT2D eigenvalue weighted by molar-refractivity contribution is 0.101. The summed E-state index contributed by atoms with van der Waals surface area (Å²) in [6.07, 6.45) is 5.99. The van der Waals surface area contributed by atoms with Gasteiger partial charge in [0.15, 0.2) is 5.65 Å². The number of ether oxygens (including phenoxy) is 1. The van der Waals surface area contributed by atoms with Crippen molar-refractivity contribution in [3.8, 4) is 11.1 Å². The smallest absolute Gasteiger partial charge is 0.280 e. The third kappa shape index (κ3) is 3.73. The van der Waals surface area contributed by atoms with Gasteiger partial charge in [0.25, 0.3) is 11.5 Å². The van der Waals surface area contributed by atoms with Crippen molar-refractivity contribution in [1.29, 1.82) is 0 Å². The Morgan fingerprint density at radius 3 is 2.61 bits per heavy atom. The SMILES string of the molecule is COCc1nn2c(ncc3c(=O)n(NC(=O)c4ccncc4)ccc32)c1-c1ccc(Cl)cc1. The molecule has 0 saturated heterocycles. The summed E-state index contributed by atoms with van der Waals surface area (Å²) >= 11 is 6.05. The number of hydrogen-bond donors (Lipinski definition) is 1. The Labute approximate surface area is 192 Å². The van der Waals surface area contributed by atoms with Crippen LogP contribution in [0.15, 0.2) is 72.0 Å². The fourth-order valence-electron chi connectivity index (χ4n) is 3.63. The molecule has 33 heavy (non-hydrogen) atoms. The molecule has 164 valence electrons. The zero-order valence-corrected chi connectivity index (χ0v) is 18.2. The molecule has 0 unspecified atom stereocenters. The second kappa shape index (κ2) is 8.45. The first-order valence-corrected chi connectivity index (χ1v) is 10.3. The minimum atomic E-state index is -0.431. The molecule has 0 atom stereocenters. The minimum Gasteiger partial charge on any atom is -0.378 e. The van der Waals surface area contributed by atoms with Crippen LogP contribution in [0.2, 0.25) is 5.02 Å². The van der Waals surface area contributed by atoms with Crippen LogP contribution in [0.3, 0.4) is 0 Å². The predicted molar refractivity (Wildman–Crippen MR) is 124 cm³/mol. The van der Waals surface area contributed by atoms with Crippen LogP contribution in [0, 0.1) is 0 Å². The van der Waals surface area contributed by atoms with E-state index >= 15 is 0 Å². The third-order valence-electron chi connectivity index (χ3n) is 5.16. The first-order chi connectivity index (χ1) is 16.1. The van der Waals surface area contributed by atoms with Crippen LogP contribution in [0.1, 0.15) is 16.1 Å². The molecule has 1 N–H and O–H groups in total. The number of benzene rings is 1. The molecule has 0 aliphatic rings. The van der Waals surface area contributed by atoms with E-state index in [1.807, 2.05) is 12.1 Å². The van der Waals surface area contributed by atoms with Gasteiger partial charge >= 0.3 is 0 Å². The Bertz CT molecular complexity index is 1540. The molecule has 0 aliphatic heterocycles. The molecule has 0 saturated carbocycles. The Morgan fingerprint density at radius 1 is 1.12 bits per heavy atom. The van der Waals surface area contributed by atoms with Crippen molar-refractivity contribution in [1.82, 2.24) is 24.3 Å². The van der Waals surface area contributed by atoms with Crippen molar-refractivity contribution < 1.29 is 9.53 Å². The number of carbonyl (C=O) groups is 1. The van der Waals surface area contributed by atoms with E-state index in [2.05, 4.69) is 20.5 Å². The zero-order chi connectivity index (χ0) is 22.9. The second-order valence-electron chi connectivity index (χ2n) is 7.22. The van der Waals surface area contributed by atoms with E-state index < -0.39 is 11.5 Å². The largest absolute Gasteiger partial charge is 0.378 e. The topological polar surface area (TPSA) is 103 Å². The van der Waals surface area contributed by atoms with Crippen molar-refractivity contribution in [2.75, 3.05) is 12.5 Å². The summed E-state index contributed by atoms with van der Waals surface area (Å²) in [5.41, 5.74) is 6.02. The van der Waals surface area contributed by atoms with Crippen molar-refractivity contribution in [3.05, 3.63) is 93.9 Å². The Hall–Kier alpha value is -4.08. The molecule has 4 heterocycles. The van der Waals surface area contributed by atoms with Gasteiger partial charge in [-0.3, -0.25) is 20.0 Å². The van der Waals surface area contributed by atoms with Gasteiger partial charge in [0.2, 0.25) is 0 Å². The van der Waals surface area contributed by atoms with Crippen molar-refractivity contribution in [2.45, 2.75) is 6.61 Å². The van der Waals surface area contributed by atoms with E-state index in [0.717, 1.165) is 15.8 Å². The van der Waals surface area contributed by atoms with Crippen LogP contribution in [0.5, 0.6) is 0 Å². The van der Waals surface area contributed by atoms with Crippen LogP contribution in [0.25, 0.3) is 27.7 Å². The number of carbonyl (C=O) groups excluding carboxylic acids is 1. The standard InChI is InChI=1S/C23H17ClN6O3/c1-33-13-18-20(14-2-4-16(24)5-3-14)21-26-12-17-19(30(21)27-18)8-11-29(23(17)32)28-22(31)15-6-9-25-10-7-15/h2-12H,13H2,1H3,(H,28,31). The summed E-state index contributed by atoms with van der Waals surface area (Å²) in [4.78, 5) is 34.0. The molecule has 1 aromatic carbocycles. The first kappa shape index (κ1) is 20.8. The quantitative estimate of drug-likeness (QED) is 0.431. The number of hydrogen-bond acceptors (Lipinski definition) is 6. The molecule has 0 fully saturated rings. The molecular formula is C23H17ClN6O3. The van der Waals surface area contributed by atoms with Gasteiger partial charge in [-0.25, -0.2) is 14.2 Å². The molecule has 0 radical (unpaired) electrons. The van der Waals surface area contributed by atoms with E-state index in [-0.39, 0.29) is 6.61 Å². The van der Waals surface area contributed by atoms with Gasteiger partial charge in [-0.15, -0.1) is 0 Å². The van der Waals surface area contributed by atoms with Gasteiger partial charge in [0.05, 0.1) is 28.8 Å². The summed E-state index contributed by atoms with van der Waals surface area (Å²) in [5.74, 6) is -0.431. The van der Waals surface area contributed by atoms with E-state index in [4.69, 9.17) is 16.3 Å². The second-order valence-corrected chi connectivity index (χ2v) is 7.66. The summed E-state index contributed by atoms with van der Waals surface area (Å²) in [5, 5.41) is 5.58. The predicted octanol–water partition coefficient (Wildman–Crippen LogP) is 3.29. The molecule has 0 aliphatic carbocycles. The number of amides is 1. The van der Waals surface area contributed by atoms with Crippen LogP contribution in [-0.4, -0.2) is 37.3 Å². The lowest BCUT2D eigenvalue weighted by atomic mass is 10.1. The molecule has 5 rings (SSSR count). The number of rotatable bonds is 5. The fourth-order valence-corrected chi connectivity index (χ4v) is 3.76. The summed E-state index contributed by atoms with van der Waals surface area (Å²) in [6.45, 7) is 0.266. The molecule has 10 heteroatoms. The lowest BCUT2D eigenvalue weighted by Crippen LogP contribution is -2.33. The third-order valence-corrected chi connectivity index (χ3v) is 5.41. The first-order valence-electron chi connectivity index (χ1n) is 9.95. The van der Waals surface area contributed by atoms with Gasteiger partial charge in [0, 0.05) is 42.5 Å². The highest BCUT2D eigenvalue weighted by molar-refractivity contribution is 6.30. The van der Waals surface area contributed by atoms with Crippen molar-refractivity contribution in [2.24, 2.45) is 0 Å². The maximum atomic E-state index is 13.1. The highest BCUT2D eigenvalue weighted by Crippen LogP contribution is 2.30. The number of nitrogens with one attached hydrogen (secondary N) is 1. The van der Waals surface area contributed by atoms with Crippen LogP contribution < -0.4 is 11.0 Å². The van der Waals surface area contributed by atoms with Gasteiger partial charge in [-0.1, -0.05) is 23.7 Å². The van der Waals surface area contributed by atoms with E-state index in [0.29, 0.717) is 32.8 Å². The van der Waals surface area contributed by atoms with Gasteiger partial charge < -0.3 is 4.74 Å². The summed E-state index contributed by atoms with van der Waals surface area (Å²) < 4.78 is 8.07. The van der Waals surface area contributed by atoms with Crippen LogP contribution in [-0.2, 0) is 11.3 Å². The number of aromatic nitrogens is 5. The average Bonchev–Trinajstić information content (AvgIpc) is 3.20. The van der Waals surface area contributed by atoms with Crippen molar-refractivity contribution >= 4 is 34.1 Å². The highest BCUT2D eigenvalue weighted by Gasteiger charge is 2.19. The molecule has 9 nitrogen and oxygen atoms in total. The average molecular weight is 461 g/mol. The number of methoxy groups -OCH3 is 1. The van der Waals surface area contributed by atoms with Gasteiger partial charge in [0.1, 0.15) is 0 Å². The number of pyridine rings is 2. The highest BCUT2D eigenvalue weighted by atomic mass is 35.5. The Balaban J connectivity index is 1.64. The minimum absolute atomic E-state index is 0.266. The molecule has 4 aromatic heterocycles. The van der Waals surface area contributed by atoms with Crippen LogP contribution in [0.4, 0.5) is 0 Å². The van der Waals surface area contributed by atoms with Gasteiger partial charge in [-0.2, -0.15) is 5.10 Å². The van der Waals surface area contributed by atoms with E-state index in [9.17, 15) is 9.59 Å². The Morgan fingerprint density at radius 2 is 1.88 bits per heavy atom. The molecular weight excluding hydrogens is 444 g/mol. The van der Waals surface area contributed by atoms with Crippen molar-refractivity contribution in [3.63, 3.8) is 0 Å².